The third kappa shape index (κ3) is 4.20. The van der Waals surface area contributed by atoms with Crippen molar-refractivity contribution in [3.63, 3.8) is 0 Å². The van der Waals surface area contributed by atoms with Crippen LogP contribution in [0.15, 0.2) is 29.2 Å². The predicted molar refractivity (Wildman–Crippen MR) is 110 cm³/mol. The second-order valence-electron chi connectivity index (χ2n) is 6.74. The van der Waals surface area contributed by atoms with Crippen molar-refractivity contribution in [1.82, 2.24) is 14.3 Å². The van der Waals surface area contributed by atoms with Gasteiger partial charge in [-0.15, -0.1) is 0 Å². The van der Waals surface area contributed by atoms with E-state index >= 15 is 0 Å². The molecular weight excluding hydrogens is 378 g/mol. The van der Waals surface area contributed by atoms with Gasteiger partial charge in [0.1, 0.15) is 11.6 Å². The summed E-state index contributed by atoms with van der Waals surface area (Å²) in [5.41, 5.74) is 1.68. The van der Waals surface area contributed by atoms with E-state index in [0.29, 0.717) is 42.8 Å². The molecule has 1 fully saturated rings. The average molecular weight is 406 g/mol. The average Bonchev–Trinajstić information content (AvgIpc) is 2.68. The molecule has 1 aliphatic rings. The van der Waals surface area contributed by atoms with Gasteiger partial charge in [-0.1, -0.05) is 0 Å². The third-order valence-corrected chi connectivity index (χ3v) is 6.64. The van der Waals surface area contributed by atoms with Crippen molar-refractivity contribution in [2.45, 2.75) is 25.7 Å². The molecule has 0 radical (unpaired) electrons. The summed E-state index contributed by atoms with van der Waals surface area (Å²) in [4.78, 5) is 11.3. The summed E-state index contributed by atoms with van der Waals surface area (Å²) < 4.78 is 32.8. The first-order valence-corrected chi connectivity index (χ1v) is 10.8. The molecule has 0 amide bonds. The molecule has 8 nitrogen and oxygen atoms in total. The number of ether oxygens (including phenoxy) is 1. The van der Waals surface area contributed by atoms with E-state index in [0.717, 1.165) is 23.6 Å². The molecule has 1 aromatic heterocycles. The number of piperazine rings is 1. The van der Waals surface area contributed by atoms with Crippen molar-refractivity contribution in [2.75, 3.05) is 50.1 Å². The predicted octanol–water partition coefficient (Wildman–Crippen LogP) is 2.04. The van der Waals surface area contributed by atoms with E-state index in [1.54, 1.807) is 25.3 Å². The fourth-order valence-electron chi connectivity index (χ4n) is 3.27. The van der Waals surface area contributed by atoms with Crippen molar-refractivity contribution >= 4 is 21.8 Å². The molecule has 9 heteroatoms. The van der Waals surface area contributed by atoms with E-state index in [1.807, 2.05) is 26.8 Å². The van der Waals surface area contributed by atoms with Crippen LogP contribution in [0.3, 0.4) is 0 Å². The number of aromatic nitrogens is 2. The van der Waals surface area contributed by atoms with Crippen LogP contribution in [-0.4, -0.2) is 62.5 Å². The smallest absolute Gasteiger partial charge is 0.243 e. The standard InChI is InChI=1S/C19H27N5O3S/c1-5-20-19-21-15(3)13-18(22-19)23-8-10-24(11-9-23)28(25,26)16-6-7-17(27-4)14(2)12-16/h6-7,12-13H,5,8-11H2,1-4H3,(H,20,21,22). The van der Waals surface area contributed by atoms with E-state index in [1.165, 1.54) is 4.31 Å². The maximum atomic E-state index is 13.0. The molecule has 0 spiro atoms. The first-order chi connectivity index (χ1) is 13.3. The van der Waals surface area contributed by atoms with Crippen LogP contribution in [0, 0.1) is 13.8 Å². The van der Waals surface area contributed by atoms with Crippen molar-refractivity contribution in [2.24, 2.45) is 0 Å². The largest absolute Gasteiger partial charge is 0.496 e. The zero-order valence-corrected chi connectivity index (χ0v) is 17.6. The summed E-state index contributed by atoms with van der Waals surface area (Å²) >= 11 is 0. The van der Waals surface area contributed by atoms with Gasteiger partial charge in [-0.05, 0) is 44.5 Å². The first-order valence-electron chi connectivity index (χ1n) is 9.34. The Morgan fingerprint density at radius 2 is 1.82 bits per heavy atom. The summed E-state index contributed by atoms with van der Waals surface area (Å²) in [7, 11) is -1.96. The molecule has 2 heterocycles. The van der Waals surface area contributed by atoms with Gasteiger partial charge >= 0.3 is 0 Å². The van der Waals surface area contributed by atoms with Gasteiger partial charge in [0, 0.05) is 44.5 Å². The third-order valence-electron chi connectivity index (χ3n) is 4.74. The van der Waals surface area contributed by atoms with E-state index in [2.05, 4.69) is 20.2 Å². The molecule has 1 N–H and O–H groups in total. The number of rotatable bonds is 6. The molecule has 0 aliphatic carbocycles. The Morgan fingerprint density at radius 1 is 1.11 bits per heavy atom. The van der Waals surface area contributed by atoms with E-state index in [9.17, 15) is 8.42 Å². The number of aryl methyl sites for hydroxylation is 2. The highest BCUT2D eigenvalue weighted by Gasteiger charge is 2.29. The van der Waals surface area contributed by atoms with Crippen molar-refractivity contribution in [1.29, 1.82) is 0 Å². The Hall–Kier alpha value is -2.39. The van der Waals surface area contributed by atoms with Gasteiger partial charge in [0.2, 0.25) is 16.0 Å². The van der Waals surface area contributed by atoms with Crippen LogP contribution in [0.25, 0.3) is 0 Å². The van der Waals surface area contributed by atoms with Gasteiger partial charge in [-0.3, -0.25) is 0 Å². The molecule has 1 aromatic carbocycles. The number of methoxy groups -OCH3 is 1. The highest BCUT2D eigenvalue weighted by molar-refractivity contribution is 7.89. The molecule has 3 rings (SSSR count). The molecule has 1 aliphatic heterocycles. The zero-order chi connectivity index (χ0) is 20.3. The molecule has 0 atom stereocenters. The topological polar surface area (TPSA) is 87.7 Å². The Kier molecular flexibility index (Phi) is 6.04. The number of nitrogens with zero attached hydrogens (tertiary/aromatic N) is 4. The number of hydrogen-bond donors (Lipinski definition) is 1. The van der Waals surface area contributed by atoms with Crippen LogP contribution in [0.2, 0.25) is 0 Å². The van der Waals surface area contributed by atoms with Gasteiger partial charge in [-0.25, -0.2) is 13.4 Å². The minimum absolute atomic E-state index is 0.298. The Morgan fingerprint density at radius 3 is 2.43 bits per heavy atom. The van der Waals surface area contributed by atoms with Gasteiger partial charge in [0.05, 0.1) is 12.0 Å². The van der Waals surface area contributed by atoms with Crippen LogP contribution in [0.5, 0.6) is 5.75 Å². The van der Waals surface area contributed by atoms with E-state index < -0.39 is 10.0 Å². The van der Waals surface area contributed by atoms with Gasteiger partial charge in [0.15, 0.2) is 0 Å². The van der Waals surface area contributed by atoms with Crippen LogP contribution in [0.4, 0.5) is 11.8 Å². The number of anilines is 2. The Labute approximate surface area is 166 Å². The highest BCUT2D eigenvalue weighted by Crippen LogP contribution is 2.25. The summed E-state index contributed by atoms with van der Waals surface area (Å²) in [5, 5.41) is 3.13. The lowest BCUT2D eigenvalue weighted by molar-refractivity contribution is 0.383. The van der Waals surface area contributed by atoms with Crippen LogP contribution >= 0.6 is 0 Å². The molecule has 0 saturated carbocycles. The molecule has 2 aromatic rings. The summed E-state index contributed by atoms with van der Waals surface area (Å²) in [5.74, 6) is 2.10. The number of hydrogen-bond acceptors (Lipinski definition) is 7. The van der Waals surface area contributed by atoms with Crippen molar-refractivity contribution < 1.29 is 13.2 Å². The lowest BCUT2D eigenvalue weighted by atomic mass is 10.2. The normalized spacial score (nSPS) is 15.5. The number of sulfonamides is 1. The molecule has 0 bridgehead atoms. The lowest BCUT2D eigenvalue weighted by Crippen LogP contribution is -2.49. The fourth-order valence-corrected chi connectivity index (χ4v) is 4.78. The maximum absolute atomic E-state index is 13.0. The lowest BCUT2D eigenvalue weighted by Gasteiger charge is -2.34. The quantitative estimate of drug-likeness (QED) is 0.787. The summed E-state index contributed by atoms with van der Waals surface area (Å²) in [6, 6.07) is 6.89. The van der Waals surface area contributed by atoms with E-state index in [-0.39, 0.29) is 0 Å². The van der Waals surface area contributed by atoms with Crippen LogP contribution in [0.1, 0.15) is 18.2 Å². The second-order valence-corrected chi connectivity index (χ2v) is 8.68. The van der Waals surface area contributed by atoms with Crippen molar-refractivity contribution in [3.05, 3.63) is 35.5 Å². The number of nitrogens with one attached hydrogen (secondary N) is 1. The second kappa shape index (κ2) is 8.32. The van der Waals surface area contributed by atoms with Crippen LogP contribution < -0.4 is 15.0 Å². The highest BCUT2D eigenvalue weighted by atomic mass is 32.2. The summed E-state index contributed by atoms with van der Waals surface area (Å²) in [6.45, 7) is 8.49. The Balaban J connectivity index is 1.73. The fraction of sp³-hybridized carbons (Fsp3) is 0.474. The number of benzene rings is 1. The Bertz CT molecular complexity index is 941. The molecule has 152 valence electrons. The molecule has 28 heavy (non-hydrogen) atoms. The minimum Gasteiger partial charge on any atom is -0.496 e. The monoisotopic (exact) mass is 405 g/mol. The van der Waals surface area contributed by atoms with Gasteiger partial charge in [0.25, 0.3) is 0 Å². The van der Waals surface area contributed by atoms with Gasteiger partial charge < -0.3 is 15.0 Å². The van der Waals surface area contributed by atoms with Crippen molar-refractivity contribution in [3.8, 4) is 5.75 Å². The molecule has 1 saturated heterocycles. The first kappa shape index (κ1) is 20.3. The van der Waals surface area contributed by atoms with E-state index in [4.69, 9.17) is 4.74 Å². The molecular formula is C19H27N5O3S. The maximum Gasteiger partial charge on any atom is 0.243 e. The minimum atomic E-state index is -3.53. The SMILES string of the molecule is CCNc1nc(C)cc(N2CCN(S(=O)(=O)c3ccc(OC)c(C)c3)CC2)n1. The van der Waals surface area contributed by atoms with Crippen LogP contribution in [-0.2, 0) is 10.0 Å². The zero-order valence-electron chi connectivity index (χ0n) is 16.8. The summed E-state index contributed by atoms with van der Waals surface area (Å²) in [6.07, 6.45) is 0. The van der Waals surface area contributed by atoms with Gasteiger partial charge in [-0.2, -0.15) is 9.29 Å². The molecule has 0 unspecified atom stereocenters.